The van der Waals surface area contributed by atoms with E-state index in [0.29, 0.717) is 23.5 Å². The first-order valence-electron chi connectivity index (χ1n) is 11.0. The van der Waals surface area contributed by atoms with Crippen LogP contribution in [0, 0.1) is 13.8 Å². The predicted molar refractivity (Wildman–Crippen MR) is 140 cm³/mol. The molecule has 1 amide bonds. The van der Waals surface area contributed by atoms with Crippen molar-refractivity contribution in [3.8, 4) is 0 Å². The summed E-state index contributed by atoms with van der Waals surface area (Å²) in [5.74, 6) is -0.551. The van der Waals surface area contributed by atoms with Gasteiger partial charge in [0.2, 0.25) is 15.9 Å². The maximum absolute atomic E-state index is 12.8. The smallest absolute Gasteiger partial charge is 0.261 e. The van der Waals surface area contributed by atoms with Crippen LogP contribution in [0.1, 0.15) is 23.6 Å². The highest BCUT2D eigenvalue weighted by Gasteiger charge is 2.23. The highest BCUT2D eigenvalue weighted by atomic mass is 32.2. The van der Waals surface area contributed by atoms with Crippen molar-refractivity contribution in [3.05, 3.63) is 83.4 Å². The first-order chi connectivity index (χ1) is 16.4. The summed E-state index contributed by atoms with van der Waals surface area (Å²) in [6, 6.07) is 18.2. The molecule has 0 unspecified atom stereocenters. The number of anilines is 3. The molecule has 0 aromatic heterocycles. The summed E-state index contributed by atoms with van der Waals surface area (Å²) in [4.78, 5) is 12.7. The van der Waals surface area contributed by atoms with E-state index in [4.69, 9.17) is 0 Å². The summed E-state index contributed by atoms with van der Waals surface area (Å²) < 4.78 is 54.1. The van der Waals surface area contributed by atoms with E-state index in [-0.39, 0.29) is 4.90 Å². The topological polar surface area (TPSA) is 113 Å². The molecule has 0 saturated heterocycles. The Hall–Kier alpha value is -3.37. The highest BCUT2D eigenvalue weighted by Crippen LogP contribution is 2.24. The number of carbonyl (C=O) groups excluding carboxylic acids is 1. The van der Waals surface area contributed by atoms with Crippen molar-refractivity contribution < 1.29 is 21.6 Å². The van der Waals surface area contributed by atoms with Gasteiger partial charge in [-0.15, -0.1) is 0 Å². The van der Waals surface area contributed by atoms with Gasteiger partial charge in [-0.3, -0.25) is 13.8 Å². The summed E-state index contributed by atoms with van der Waals surface area (Å²) in [7, 11) is -7.55. The average Bonchev–Trinajstić information content (AvgIpc) is 2.79. The van der Waals surface area contributed by atoms with E-state index in [1.807, 2.05) is 45.0 Å². The van der Waals surface area contributed by atoms with E-state index in [9.17, 15) is 21.6 Å². The second-order valence-corrected chi connectivity index (χ2v) is 11.8. The Kier molecular flexibility index (Phi) is 7.86. The zero-order valence-corrected chi connectivity index (χ0v) is 21.7. The molecule has 3 aromatic carbocycles. The Balaban J connectivity index is 1.75. The fourth-order valence-electron chi connectivity index (χ4n) is 3.53. The van der Waals surface area contributed by atoms with Crippen molar-refractivity contribution in [2.24, 2.45) is 0 Å². The molecule has 186 valence electrons. The highest BCUT2D eigenvalue weighted by molar-refractivity contribution is 7.92. The molecule has 3 rings (SSSR count). The van der Waals surface area contributed by atoms with Crippen molar-refractivity contribution in [3.63, 3.8) is 0 Å². The molecule has 0 bridgehead atoms. The number of nitrogens with zero attached hydrogens (tertiary/aromatic N) is 1. The lowest BCUT2D eigenvalue weighted by Gasteiger charge is -2.24. The molecule has 10 heteroatoms. The Morgan fingerprint density at radius 1 is 0.914 bits per heavy atom. The molecule has 0 spiro atoms. The third kappa shape index (κ3) is 6.61. The molecule has 0 aliphatic carbocycles. The minimum Gasteiger partial charge on any atom is -0.325 e. The van der Waals surface area contributed by atoms with E-state index in [1.54, 1.807) is 18.2 Å². The van der Waals surface area contributed by atoms with Crippen molar-refractivity contribution in [1.82, 2.24) is 0 Å². The fourth-order valence-corrected chi connectivity index (χ4v) is 5.54. The molecule has 0 aliphatic heterocycles. The number of carbonyl (C=O) groups is 1. The summed E-state index contributed by atoms with van der Waals surface area (Å²) in [6.07, 6.45) is 1.66. The summed E-state index contributed by atoms with van der Waals surface area (Å²) in [5, 5.41) is 2.64. The molecular formula is C25H29N3O5S2. The van der Waals surface area contributed by atoms with Crippen molar-refractivity contribution in [2.75, 3.05) is 27.1 Å². The number of hydrogen-bond acceptors (Lipinski definition) is 5. The number of benzene rings is 3. The van der Waals surface area contributed by atoms with E-state index in [2.05, 4.69) is 10.0 Å². The molecule has 8 nitrogen and oxygen atoms in total. The van der Waals surface area contributed by atoms with Crippen LogP contribution in [0.5, 0.6) is 0 Å². The first-order valence-corrected chi connectivity index (χ1v) is 14.3. The van der Waals surface area contributed by atoms with E-state index < -0.39 is 32.5 Å². The van der Waals surface area contributed by atoms with Gasteiger partial charge in [-0.05, 0) is 73.4 Å². The van der Waals surface area contributed by atoms with Crippen molar-refractivity contribution in [2.45, 2.75) is 32.1 Å². The van der Waals surface area contributed by atoms with Gasteiger partial charge in [0.05, 0.1) is 22.5 Å². The second kappa shape index (κ2) is 10.5. The molecule has 0 aliphatic rings. The van der Waals surface area contributed by atoms with E-state index in [1.165, 1.54) is 24.3 Å². The van der Waals surface area contributed by atoms with Crippen LogP contribution in [0.2, 0.25) is 0 Å². The van der Waals surface area contributed by atoms with Crippen molar-refractivity contribution in [1.29, 1.82) is 0 Å². The molecule has 35 heavy (non-hydrogen) atoms. The summed E-state index contributed by atoms with van der Waals surface area (Å²) in [5.41, 5.74) is 3.82. The Morgan fingerprint density at radius 3 is 2.20 bits per heavy atom. The summed E-state index contributed by atoms with van der Waals surface area (Å²) >= 11 is 0. The molecule has 0 saturated carbocycles. The van der Waals surface area contributed by atoms with Gasteiger partial charge in [0.25, 0.3) is 10.0 Å². The third-order valence-corrected chi connectivity index (χ3v) is 7.92. The molecule has 0 radical (unpaired) electrons. The Labute approximate surface area is 207 Å². The van der Waals surface area contributed by atoms with Crippen LogP contribution in [0.3, 0.4) is 0 Å². The maximum atomic E-state index is 12.8. The van der Waals surface area contributed by atoms with Crippen LogP contribution in [0.4, 0.5) is 17.1 Å². The fraction of sp³-hybridized carbons (Fsp3) is 0.240. The first kappa shape index (κ1) is 26.2. The van der Waals surface area contributed by atoms with Gasteiger partial charge in [0.15, 0.2) is 0 Å². The number of rotatable bonds is 9. The minimum atomic E-state index is -3.83. The molecule has 0 heterocycles. The van der Waals surface area contributed by atoms with Gasteiger partial charge >= 0.3 is 0 Å². The predicted octanol–water partition coefficient (Wildman–Crippen LogP) is 4.07. The number of hydrogen-bond donors (Lipinski definition) is 2. The van der Waals surface area contributed by atoms with Crippen LogP contribution in [0.15, 0.2) is 71.6 Å². The molecule has 2 N–H and O–H groups in total. The molecule has 0 atom stereocenters. The SMILES string of the molecule is CCc1ccccc1N(CC(=O)Nc1ccc(S(=O)(=O)Nc2cc(C)ccc2C)cc1)S(C)(=O)=O. The number of sulfonamides is 2. The molecule has 0 fully saturated rings. The van der Waals surface area contributed by atoms with Gasteiger partial charge in [-0.25, -0.2) is 16.8 Å². The standard InChI is InChI=1S/C25H29N3O5S2/c1-5-20-8-6-7-9-24(20)28(34(4,30)31)17-25(29)26-21-12-14-22(15-13-21)35(32,33)27-23-16-18(2)10-11-19(23)3/h6-16,27H,5,17H2,1-4H3,(H,26,29). The quantitative estimate of drug-likeness (QED) is 0.446. The van der Waals surface area contributed by atoms with Gasteiger partial charge in [0.1, 0.15) is 6.54 Å². The van der Waals surface area contributed by atoms with Crippen LogP contribution in [0.25, 0.3) is 0 Å². The van der Waals surface area contributed by atoms with Gasteiger partial charge < -0.3 is 5.32 Å². The zero-order valence-electron chi connectivity index (χ0n) is 20.1. The second-order valence-electron chi connectivity index (χ2n) is 8.25. The molecular weight excluding hydrogens is 486 g/mol. The third-order valence-electron chi connectivity index (χ3n) is 5.41. The monoisotopic (exact) mass is 515 g/mol. The number of aryl methyl sites for hydroxylation is 3. The molecule has 3 aromatic rings. The number of nitrogens with one attached hydrogen (secondary N) is 2. The lowest BCUT2D eigenvalue weighted by Crippen LogP contribution is -2.38. The summed E-state index contributed by atoms with van der Waals surface area (Å²) in [6.45, 7) is 5.18. The van der Waals surface area contributed by atoms with E-state index in [0.717, 1.165) is 27.3 Å². The maximum Gasteiger partial charge on any atom is 0.261 e. The average molecular weight is 516 g/mol. The van der Waals surface area contributed by atoms with Crippen LogP contribution < -0.4 is 14.3 Å². The minimum absolute atomic E-state index is 0.0334. The lowest BCUT2D eigenvalue weighted by atomic mass is 10.1. The Morgan fingerprint density at radius 2 is 1.57 bits per heavy atom. The largest absolute Gasteiger partial charge is 0.325 e. The van der Waals surface area contributed by atoms with Crippen LogP contribution in [-0.2, 0) is 31.3 Å². The van der Waals surface area contributed by atoms with Gasteiger partial charge in [-0.2, -0.15) is 0 Å². The van der Waals surface area contributed by atoms with Crippen LogP contribution >= 0.6 is 0 Å². The van der Waals surface area contributed by atoms with Crippen LogP contribution in [-0.4, -0.2) is 35.5 Å². The zero-order chi connectivity index (χ0) is 25.8. The normalized spacial score (nSPS) is 11.7. The lowest BCUT2D eigenvalue weighted by molar-refractivity contribution is -0.114. The van der Waals surface area contributed by atoms with Gasteiger partial charge in [-0.1, -0.05) is 37.3 Å². The number of para-hydroxylation sites is 1. The Bertz CT molecular complexity index is 1430. The van der Waals surface area contributed by atoms with Gasteiger partial charge in [0, 0.05) is 5.69 Å². The van der Waals surface area contributed by atoms with Crippen molar-refractivity contribution >= 4 is 43.0 Å². The van der Waals surface area contributed by atoms with E-state index >= 15 is 0 Å². The number of amides is 1.